The van der Waals surface area contributed by atoms with Crippen LogP contribution >= 0.6 is 0 Å². The lowest BCUT2D eigenvalue weighted by atomic mass is 10.1. The summed E-state index contributed by atoms with van der Waals surface area (Å²) in [5.74, 6) is -1.29. The van der Waals surface area contributed by atoms with Crippen LogP contribution in [-0.2, 0) is 16.0 Å². The van der Waals surface area contributed by atoms with Gasteiger partial charge in [-0.3, -0.25) is 9.59 Å². The molecule has 0 unspecified atom stereocenters. The van der Waals surface area contributed by atoms with E-state index in [2.05, 4.69) is 0 Å². The van der Waals surface area contributed by atoms with E-state index in [-0.39, 0.29) is 30.7 Å². The molecule has 1 N–H and O–H groups in total. The summed E-state index contributed by atoms with van der Waals surface area (Å²) in [6.07, 6.45) is 0.763. The van der Waals surface area contributed by atoms with Crippen molar-refractivity contribution in [1.29, 1.82) is 0 Å². The number of aryl methyl sites for hydroxylation is 1. The van der Waals surface area contributed by atoms with Gasteiger partial charge >= 0.3 is 5.97 Å². The van der Waals surface area contributed by atoms with Crippen LogP contribution in [0.15, 0.2) is 24.3 Å². The van der Waals surface area contributed by atoms with E-state index < -0.39 is 5.97 Å². The molecule has 0 saturated heterocycles. The zero-order chi connectivity index (χ0) is 15.1. The molecule has 5 heteroatoms. The van der Waals surface area contributed by atoms with Gasteiger partial charge in [0.05, 0.1) is 6.42 Å². The van der Waals surface area contributed by atoms with Gasteiger partial charge in [0.25, 0.3) is 0 Å². The van der Waals surface area contributed by atoms with Gasteiger partial charge in [0.15, 0.2) is 0 Å². The topological polar surface area (TPSA) is 57.6 Å². The molecule has 0 aromatic heterocycles. The maximum Gasteiger partial charge on any atom is 0.305 e. The van der Waals surface area contributed by atoms with E-state index in [1.54, 1.807) is 17.0 Å². The first-order valence-corrected chi connectivity index (χ1v) is 6.66. The van der Waals surface area contributed by atoms with Gasteiger partial charge in [-0.15, -0.1) is 0 Å². The molecule has 0 radical (unpaired) electrons. The number of carboxylic acids is 1. The van der Waals surface area contributed by atoms with E-state index in [9.17, 15) is 14.0 Å². The first-order valence-electron chi connectivity index (χ1n) is 6.66. The Balaban J connectivity index is 2.53. The van der Waals surface area contributed by atoms with E-state index >= 15 is 0 Å². The number of halogens is 1. The second-order valence-electron chi connectivity index (χ2n) is 4.95. The number of carbonyl (C=O) groups is 2. The van der Waals surface area contributed by atoms with Crippen molar-refractivity contribution in [3.8, 4) is 0 Å². The molecule has 0 fully saturated rings. The normalized spacial score (nSPS) is 10.6. The second-order valence-corrected chi connectivity index (χ2v) is 4.95. The van der Waals surface area contributed by atoms with Crippen molar-refractivity contribution in [2.75, 3.05) is 6.54 Å². The van der Waals surface area contributed by atoms with Gasteiger partial charge in [0.1, 0.15) is 5.82 Å². The number of hydrogen-bond donors (Lipinski definition) is 1. The van der Waals surface area contributed by atoms with Crippen molar-refractivity contribution < 1.29 is 19.1 Å². The third-order valence-corrected chi connectivity index (χ3v) is 3.05. The van der Waals surface area contributed by atoms with Gasteiger partial charge in [-0.1, -0.05) is 12.1 Å². The highest BCUT2D eigenvalue weighted by molar-refractivity contribution is 5.77. The van der Waals surface area contributed by atoms with Crippen molar-refractivity contribution in [1.82, 2.24) is 4.90 Å². The minimum Gasteiger partial charge on any atom is -0.481 e. The molecule has 0 bridgehead atoms. The molecule has 0 aliphatic heterocycles. The summed E-state index contributed by atoms with van der Waals surface area (Å²) >= 11 is 0. The van der Waals surface area contributed by atoms with Crippen LogP contribution in [0.3, 0.4) is 0 Å². The van der Waals surface area contributed by atoms with Gasteiger partial charge in [-0.25, -0.2) is 4.39 Å². The minimum atomic E-state index is -0.915. The average molecular weight is 281 g/mol. The van der Waals surface area contributed by atoms with Gasteiger partial charge in [0, 0.05) is 19.0 Å². The monoisotopic (exact) mass is 281 g/mol. The lowest BCUT2D eigenvalue weighted by Gasteiger charge is -2.26. The highest BCUT2D eigenvalue weighted by Gasteiger charge is 2.17. The van der Waals surface area contributed by atoms with Crippen molar-refractivity contribution >= 4 is 11.9 Å². The molecule has 1 aromatic rings. The molecule has 1 amide bonds. The van der Waals surface area contributed by atoms with Crippen LogP contribution in [0.5, 0.6) is 0 Å². The lowest BCUT2D eigenvalue weighted by molar-refractivity contribution is -0.139. The van der Waals surface area contributed by atoms with Crippen molar-refractivity contribution in [2.45, 2.75) is 39.2 Å². The lowest BCUT2D eigenvalue weighted by Crippen LogP contribution is -2.38. The number of carbonyl (C=O) groups excluding carboxylic acids is 1. The second kappa shape index (κ2) is 7.62. The Morgan fingerprint density at radius 1 is 1.20 bits per heavy atom. The Hall–Kier alpha value is -1.91. The summed E-state index contributed by atoms with van der Waals surface area (Å²) in [5.41, 5.74) is 0.890. The molecule has 0 aliphatic rings. The third kappa shape index (κ3) is 5.38. The Morgan fingerprint density at radius 3 is 2.30 bits per heavy atom. The molecule has 20 heavy (non-hydrogen) atoms. The van der Waals surface area contributed by atoms with Gasteiger partial charge < -0.3 is 10.0 Å². The summed E-state index contributed by atoms with van der Waals surface area (Å²) < 4.78 is 12.8. The standard InChI is InChI=1S/C15H20FNO3/c1-11(2)17(10-9-15(19)20)14(18)8-5-12-3-6-13(16)7-4-12/h3-4,6-7,11H,5,8-10H2,1-2H3,(H,19,20). The number of carboxylic acid groups (broad SMARTS) is 1. The van der Waals surface area contributed by atoms with E-state index in [0.717, 1.165) is 5.56 Å². The first kappa shape index (κ1) is 16.1. The van der Waals surface area contributed by atoms with Crippen molar-refractivity contribution in [3.05, 3.63) is 35.6 Å². The smallest absolute Gasteiger partial charge is 0.305 e. The van der Waals surface area contributed by atoms with Crippen molar-refractivity contribution in [2.24, 2.45) is 0 Å². The Bertz CT molecular complexity index is 457. The van der Waals surface area contributed by atoms with Crippen LogP contribution in [0.2, 0.25) is 0 Å². The predicted octanol–water partition coefficient (Wildman–Crippen LogP) is 2.47. The van der Waals surface area contributed by atoms with E-state index in [0.29, 0.717) is 12.8 Å². The fourth-order valence-electron chi connectivity index (χ4n) is 1.93. The van der Waals surface area contributed by atoms with Crippen LogP contribution < -0.4 is 0 Å². The molecule has 0 aliphatic carbocycles. The highest BCUT2D eigenvalue weighted by Crippen LogP contribution is 2.09. The molecule has 1 aromatic carbocycles. The first-order chi connectivity index (χ1) is 9.40. The number of aliphatic carboxylic acids is 1. The number of hydrogen-bond acceptors (Lipinski definition) is 2. The van der Waals surface area contributed by atoms with E-state index in [4.69, 9.17) is 5.11 Å². The number of benzene rings is 1. The SMILES string of the molecule is CC(C)N(CCC(=O)O)C(=O)CCc1ccc(F)cc1. The van der Waals surface area contributed by atoms with Gasteiger partial charge in [0.2, 0.25) is 5.91 Å². The summed E-state index contributed by atoms with van der Waals surface area (Å²) in [5, 5.41) is 8.69. The summed E-state index contributed by atoms with van der Waals surface area (Å²) in [4.78, 5) is 24.3. The third-order valence-electron chi connectivity index (χ3n) is 3.05. The van der Waals surface area contributed by atoms with Crippen molar-refractivity contribution in [3.63, 3.8) is 0 Å². The number of amides is 1. The predicted molar refractivity (Wildman–Crippen MR) is 73.8 cm³/mol. The van der Waals surface area contributed by atoms with Gasteiger partial charge in [-0.2, -0.15) is 0 Å². The molecule has 110 valence electrons. The molecule has 1 rings (SSSR count). The van der Waals surface area contributed by atoms with Crippen LogP contribution in [-0.4, -0.2) is 34.5 Å². The molecular weight excluding hydrogens is 261 g/mol. The van der Waals surface area contributed by atoms with Crippen LogP contribution in [0.1, 0.15) is 32.3 Å². The molecule has 0 saturated carbocycles. The minimum absolute atomic E-state index is 0.0323. The summed E-state index contributed by atoms with van der Waals surface area (Å²) in [7, 11) is 0. The quantitative estimate of drug-likeness (QED) is 0.835. The Morgan fingerprint density at radius 2 is 1.80 bits per heavy atom. The molecule has 0 atom stereocenters. The summed E-state index contributed by atoms with van der Waals surface area (Å²) in [6, 6.07) is 6.00. The van der Waals surface area contributed by atoms with Crippen LogP contribution in [0.4, 0.5) is 4.39 Å². The van der Waals surface area contributed by atoms with Crippen LogP contribution in [0.25, 0.3) is 0 Å². The average Bonchev–Trinajstić information content (AvgIpc) is 2.37. The zero-order valence-electron chi connectivity index (χ0n) is 11.8. The van der Waals surface area contributed by atoms with E-state index in [1.165, 1.54) is 12.1 Å². The molecular formula is C15H20FNO3. The fourth-order valence-corrected chi connectivity index (χ4v) is 1.93. The van der Waals surface area contributed by atoms with E-state index in [1.807, 2.05) is 13.8 Å². The zero-order valence-corrected chi connectivity index (χ0v) is 11.8. The maximum absolute atomic E-state index is 12.8. The molecule has 4 nitrogen and oxygen atoms in total. The molecule has 0 heterocycles. The number of rotatable bonds is 7. The summed E-state index contributed by atoms with van der Waals surface area (Å²) in [6.45, 7) is 3.94. The van der Waals surface area contributed by atoms with Crippen LogP contribution in [0, 0.1) is 5.82 Å². The molecule has 0 spiro atoms. The fraction of sp³-hybridized carbons (Fsp3) is 0.467. The largest absolute Gasteiger partial charge is 0.481 e. The Kier molecular flexibility index (Phi) is 6.15. The number of nitrogens with zero attached hydrogens (tertiary/aromatic N) is 1. The van der Waals surface area contributed by atoms with Gasteiger partial charge in [-0.05, 0) is 38.0 Å². The Labute approximate surface area is 118 Å². The maximum atomic E-state index is 12.8. The highest BCUT2D eigenvalue weighted by atomic mass is 19.1.